The summed E-state index contributed by atoms with van der Waals surface area (Å²) in [5, 5.41) is 1.09. The standard InChI is InChI=1S/C23H19N3O3S2/c1-3-14-26-22(27)21(15-18-11-10-17-6-4-5-7-20(17)24-18)30-23(26)25-31(28,29)19-12-8-16(2)9-13-19/h3-13,15H,1,14H2,2H3/b21-15+,25-23+. The van der Waals surface area contributed by atoms with E-state index in [1.807, 2.05) is 43.3 Å². The zero-order valence-corrected chi connectivity index (χ0v) is 18.4. The summed E-state index contributed by atoms with van der Waals surface area (Å²) in [6.45, 7) is 5.68. The summed E-state index contributed by atoms with van der Waals surface area (Å²) in [5.74, 6) is -0.335. The first-order valence-corrected chi connectivity index (χ1v) is 11.7. The summed E-state index contributed by atoms with van der Waals surface area (Å²) in [4.78, 5) is 19.2. The molecule has 1 aliphatic heterocycles. The molecule has 3 aromatic rings. The molecule has 0 aliphatic carbocycles. The Morgan fingerprint density at radius 1 is 1.10 bits per heavy atom. The number of para-hydroxylation sites is 1. The molecule has 2 aromatic carbocycles. The molecule has 1 aliphatic rings. The first-order chi connectivity index (χ1) is 14.9. The fourth-order valence-electron chi connectivity index (χ4n) is 3.03. The average molecular weight is 450 g/mol. The Morgan fingerprint density at radius 2 is 1.84 bits per heavy atom. The van der Waals surface area contributed by atoms with Crippen molar-refractivity contribution in [1.82, 2.24) is 9.88 Å². The van der Waals surface area contributed by atoms with Gasteiger partial charge >= 0.3 is 0 Å². The number of pyridine rings is 1. The van der Waals surface area contributed by atoms with Crippen LogP contribution < -0.4 is 0 Å². The fourth-order valence-corrected chi connectivity index (χ4v) is 5.20. The lowest BCUT2D eigenvalue weighted by Gasteiger charge is -2.12. The Bertz CT molecular complexity index is 1340. The van der Waals surface area contributed by atoms with Crippen LogP contribution in [0.4, 0.5) is 0 Å². The van der Waals surface area contributed by atoms with Crippen molar-refractivity contribution in [2.45, 2.75) is 11.8 Å². The van der Waals surface area contributed by atoms with E-state index in [4.69, 9.17) is 0 Å². The van der Waals surface area contributed by atoms with Crippen molar-refractivity contribution in [3.05, 3.63) is 89.5 Å². The number of carbonyl (C=O) groups excluding carboxylic acids is 1. The second-order valence-corrected chi connectivity index (χ2v) is 9.52. The molecule has 1 saturated heterocycles. The van der Waals surface area contributed by atoms with Crippen molar-refractivity contribution in [2.75, 3.05) is 6.54 Å². The average Bonchev–Trinajstić information content (AvgIpc) is 3.02. The topological polar surface area (TPSA) is 79.7 Å². The molecular formula is C23H19N3O3S2. The summed E-state index contributed by atoms with van der Waals surface area (Å²) in [5.41, 5.74) is 2.36. The number of carbonyl (C=O) groups is 1. The Balaban J connectivity index is 1.71. The monoisotopic (exact) mass is 449 g/mol. The molecule has 0 bridgehead atoms. The van der Waals surface area contributed by atoms with Crippen molar-refractivity contribution in [3.8, 4) is 0 Å². The molecule has 0 unspecified atom stereocenters. The number of fused-ring (bicyclic) bond motifs is 1. The number of nitrogens with zero attached hydrogens (tertiary/aromatic N) is 3. The van der Waals surface area contributed by atoms with E-state index >= 15 is 0 Å². The summed E-state index contributed by atoms with van der Waals surface area (Å²) < 4.78 is 29.5. The third kappa shape index (κ3) is 4.45. The summed E-state index contributed by atoms with van der Waals surface area (Å²) in [7, 11) is -3.96. The second-order valence-electron chi connectivity index (χ2n) is 6.91. The number of hydrogen-bond donors (Lipinski definition) is 0. The first-order valence-electron chi connectivity index (χ1n) is 9.47. The number of sulfonamides is 1. The highest BCUT2D eigenvalue weighted by atomic mass is 32.2. The van der Waals surface area contributed by atoms with Gasteiger partial charge in [-0.2, -0.15) is 8.42 Å². The van der Waals surface area contributed by atoms with Gasteiger partial charge in [0, 0.05) is 11.9 Å². The van der Waals surface area contributed by atoms with Crippen molar-refractivity contribution in [1.29, 1.82) is 0 Å². The van der Waals surface area contributed by atoms with Gasteiger partial charge in [-0.25, -0.2) is 4.98 Å². The van der Waals surface area contributed by atoms with Crippen molar-refractivity contribution < 1.29 is 13.2 Å². The number of aryl methyl sites for hydroxylation is 1. The van der Waals surface area contributed by atoms with Crippen molar-refractivity contribution in [2.24, 2.45) is 4.40 Å². The van der Waals surface area contributed by atoms with E-state index in [-0.39, 0.29) is 22.5 Å². The van der Waals surface area contributed by atoms with Crippen LogP contribution in [0, 0.1) is 6.92 Å². The molecule has 0 N–H and O–H groups in total. The summed E-state index contributed by atoms with van der Waals surface area (Å²) >= 11 is 1.01. The summed E-state index contributed by atoms with van der Waals surface area (Å²) in [6.07, 6.45) is 3.18. The lowest BCUT2D eigenvalue weighted by atomic mass is 10.2. The molecule has 1 amide bonds. The van der Waals surface area contributed by atoms with Gasteiger partial charge in [0.05, 0.1) is 21.0 Å². The Morgan fingerprint density at radius 3 is 2.58 bits per heavy atom. The van der Waals surface area contributed by atoms with Crippen LogP contribution in [0.15, 0.2) is 87.5 Å². The van der Waals surface area contributed by atoms with Gasteiger partial charge in [0.25, 0.3) is 15.9 Å². The Hall–Kier alpha value is -3.23. The van der Waals surface area contributed by atoms with E-state index in [0.29, 0.717) is 10.6 Å². The van der Waals surface area contributed by atoms with Gasteiger partial charge < -0.3 is 0 Å². The van der Waals surface area contributed by atoms with E-state index in [1.54, 1.807) is 18.2 Å². The molecule has 31 heavy (non-hydrogen) atoms. The van der Waals surface area contributed by atoms with Gasteiger partial charge in [0.15, 0.2) is 5.17 Å². The zero-order valence-electron chi connectivity index (χ0n) is 16.7. The van der Waals surface area contributed by atoms with Crippen molar-refractivity contribution in [3.63, 3.8) is 0 Å². The quantitative estimate of drug-likeness (QED) is 0.426. The van der Waals surface area contributed by atoms with E-state index in [9.17, 15) is 13.2 Å². The van der Waals surface area contributed by atoms with Crippen LogP contribution >= 0.6 is 11.8 Å². The minimum absolute atomic E-state index is 0.0748. The maximum absolute atomic E-state index is 12.9. The molecule has 0 spiro atoms. The molecule has 1 aromatic heterocycles. The van der Waals surface area contributed by atoms with Crippen molar-refractivity contribution >= 4 is 49.8 Å². The SMILES string of the molecule is C=CCN1C(=O)/C(=C\c2ccc3ccccc3n2)S/C1=N/S(=O)(=O)c1ccc(C)cc1. The third-order valence-electron chi connectivity index (χ3n) is 4.62. The van der Waals surface area contributed by atoms with Crippen LogP contribution in [0.5, 0.6) is 0 Å². The minimum atomic E-state index is -3.96. The predicted octanol–water partition coefficient (Wildman–Crippen LogP) is 4.39. The molecular weight excluding hydrogens is 430 g/mol. The van der Waals surface area contributed by atoms with Gasteiger partial charge in [-0.1, -0.05) is 48.0 Å². The van der Waals surface area contributed by atoms with E-state index in [2.05, 4.69) is 16.0 Å². The molecule has 0 radical (unpaired) electrons. The van der Waals surface area contributed by atoms with Gasteiger partial charge in [-0.15, -0.1) is 11.0 Å². The minimum Gasteiger partial charge on any atom is -0.282 e. The molecule has 0 atom stereocenters. The Kier molecular flexibility index (Phi) is 5.75. The highest BCUT2D eigenvalue weighted by molar-refractivity contribution is 8.19. The highest BCUT2D eigenvalue weighted by Crippen LogP contribution is 2.33. The Labute approximate surface area is 185 Å². The number of aromatic nitrogens is 1. The first kappa shape index (κ1) is 21.0. The normalized spacial score (nSPS) is 17.1. The van der Waals surface area contributed by atoms with Crippen LogP contribution in [-0.2, 0) is 14.8 Å². The highest BCUT2D eigenvalue weighted by Gasteiger charge is 2.34. The zero-order chi connectivity index (χ0) is 22.0. The van der Waals surface area contributed by atoms with E-state index < -0.39 is 10.0 Å². The molecule has 8 heteroatoms. The van der Waals surface area contributed by atoms with Gasteiger partial charge in [0.1, 0.15) is 0 Å². The molecule has 156 valence electrons. The van der Waals surface area contributed by atoms with Crippen LogP contribution in [0.2, 0.25) is 0 Å². The van der Waals surface area contributed by atoms with E-state index in [1.165, 1.54) is 23.1 Å². The summed E-state index contributed by atoms with van der Waals surface area (Å²) in [6, 6.07) is 17.9. The van der Waals surface area contributed by atoms with Gasteiger partial charge in [0.2, 0.25) is 0 Å². The van der Waals surface area contributed by atoms with Crippen LogP contribution in [0.1, 0.15) is 11.3 Å². The number of amides is 1. The second kappa shape index (κ2) is 8.49. The molecule has 0 saturated carbocycles. The van der Waals surface area contributed by atoms with E-state index in [0.717, 1.165) is 28.2 Å². The number of amidine groups is 1. The molecule has 6 nitrogen and oxygen atoms in total. The number of thioether (sulfide) groups is 1. The molecule has 4 rings (SSSR count). The maximum Gasteiger partial charge on any atom is 0.284 e. The third-order valence-corrected chi connectivity index (χ3v) is 7.02. The lowest BCUT2D eigenvalue weighted by Crippen LogP contribution is -2.29. The molecule has 2 heterocycles. The lowest BCUT2D eigenvalue weighted by molar-refractivity contribution is -0.121. The predicted molar refractivity (Wildman–Crippen MR) is 125 cm³/mol. The maximum atomic E-state index is 12.9. The smallest absolute Gasteiger partial charge is 0.282 e. The number of hydrogen-bond acceptors (Lipinski definition) is 5. The van der Waals surface area contributed by atoms with Gasteiger partial charge in [-0.3, -0.25) is 9.69 Å². The number of benzene rings is 2. The fraction of sp³-hybridized carbons (Fsp3) is 0.0870. The largest absolute Gasteiger partial charge is 0.284 e. The van der Waals surface area contributed by atoms with Crippen LogP contribution in [0.25, 0.3) is 17.0 Å². The van der Waals surface area contributed by atoms with Crippen LogP contribution in [0.3, 0.4) is 0 Å². The van der Waals surface area contributed by atoms with Gasteiger partial charge in [-0.05, 0) is 49.0 Å². The van der Waals surface area contributed by atoms with Crippen LogP contribution in [-0.4, -0.2) is 35.9 Å². The number of rotatable bonds is 5. The molecule has 1 fully saturated rings.